The number of unbranched alkanes of at least 4 members (excludes halogenated alkanes) is 2. The van der Waals surface area contributed by atoms with Crippen molar-refractivity contribution in [3.05, 3.63) is 59.7 Å². The van der Waals surface area contributed by atoms with Crippen LogP contribution in [0.15, 0.2) is 48.5 Å². The summed E-state index contributed by atoms with van der Waals surface area (Å²) in [7, 11) is 0. The van der Waals surface area contributed by atoms with Crippen molar-refractivity contribution in [3.8, 4) is 11.1 Å². The third-order valence-electron chi connectivity index (χ3n) is 3.94. The van der Waals surface area contributed by atoms with Crippen molar-refractivity contribution in [2.24, 2.45) is 0 Å². The Labute approximate surface area is 123 Å². The Balaban J connectivity index is 2.39. The fourth-order valence-electron chi connectivity index (χ4n) is 2.77. The number of aryl methyl sites for hydroxylation is 1. The first-order valence-electron chi connectivity index (χ1n) is 8.03. The molecule has 20 heavy (non-hydrogen) atoms. The molecule has 0 radical (unpaired) electrons. The molecule has 2 aromatic carbocycles. The van der Waals surface area contributed by atoms with E-state index in [0.717, 1.165) is 0 Å². The van der Waals surface area contributed by atoms with Gasteiger partial charge < -0.3 is 0 Å². The third-order valence-corrected chi connectivity index (χ3v) is 3.94. The lowest BCUT2D eigenvalue weighted by Gasteiger charge is -2.15. The summed E-state index contributed by atoms with van der Waals surface area (Å²) in [4.78, 5) is 0. The average molecular weight is 266 g/mol. The number of benzene rings is 2. The topological polar surface area (TPSA) is 0 Å². The van der Waals surface area contributed by atoms with Crippen molar-refractivity contribution < 1.29 is 0 Å². The number of hydrogen-bond acceptors (Lipinski definition) is 0. The van der Waals surface area contributed by atoms with E-state index in [1.165, 1.54) is 49.7 Å². The lowest BCUT2D eigenvalue weighted by Crippen LogP contribution is -1.98. The maximum Gasteiger partial charge on any atom is -0.0149 e. The molecule has 0 fully saturated rings. The van der Waals surface area contributed by atoms with Gasteiger partial charge in [0.2, 0.25) is 0 Å². The standard InChI is InChI=1S/C20H26/c1-3-5-11-17-14-10-16-20(19(17)15-6-4-2)18-12-8-7-9-13-18/h7-10,12-14,16H,3-6,11,15H2,1-2H3. The van der Waals surface area contributed by atoms with Crippen molar-refractivity contribution in [1.82, 2.24) is 0 Å². The van der Waals surface area contributed by atoms with Gasteiger partial charge in [0.05, 0.1) is 0 Å². The summed E-state index contributed by atoms with van der Waals surface area (Å²) in [5, 5.41) is 0. The Hall–Kier alpha value is -1.56. The van der Waals surface area contributed by atoms with E-state index in [9.17, 15) is 0 Å². The molecule has 106 valence electrons. The van der Waals surface area contributed by atoms with E-state index in [2.05, 4.69) is 62.4 Å². The molecule has 0 aromatic heterocycles. The van der Waals surface area contributed by atoms with Crippen LogP contribution in [0.5, 0.6) is 0 Å². The lowest BCUT2D eigenvalue weighted by atomic mass is 9.90. The SMILES string of the molecule is CCCCc1cccc(-c2ccccc2)c1CCCC. The molecule has 2 rings (SSSR count). The quantitative estimate of drug-likeness (QED) is 0.573. The molecule has 0 nitrogen and oxygen atoms in total. The van der Waals surface area contributed by atoms with Crippen LogP contribution in [-0.4, -0.2) is 0 Å². The molecule has 0 amide bonds. The Kier molecular flexibility index (Phi) is 5.86. The van der Waals surface area contributed by atoms with Crippen LogP contribution in [0.4, 0.5) is 0 Å². The van der Waals surface area contributed by atoms with Gasteiger partial charge in [-0.05, 0) is 47.9 Å². The van der Waals surface area contributed by atoms with Gasteiger partial charge in [-0.25, -0.2) is 0 Å². The molecule has 0 unspecified atom stereocenters. The van der Waals surface area contributed by atoms with Crippen LogP contribution < -0.4 is 0 Å². The molecule has 0 aliphatic rings. The Morgan fingerprint density at radius 2 is 1.40 bits per heavy atom. The van der Waals surface area contributed by atoms with Crippen LogP contribution >= 0.6 is 0 Å². The van der Waals surface area contributed by atoms with E-state index in [-0.39, 0.29) is 0 Å². The van der Waals surface area contributed by atoms with E-state index in [4.69, 9.17) is 0 Å². The first kappa shape index (κ1) is 14.8. The van der Waals surface area contributed by atoms with Crippen molar-refractivity contribution in [3.63, 3.8) is 0 Å². The smallest absolute Gasteiger partial charge is 0.0149 e. The molecule has 0 spiro atoms. The zero-order valence-corrected chi connectivity index (χ0v) is 12.9. The zero-order chi connectivity index (χ0) is 14.2. The molecule has 0 bridgehead atoms. The first-order chi connectivity index (χ1) is 9.86. The minimum absolute atomic E-state index is 1.21. The third kappa shape index (κ3) is 3.72. The van der Waals surface area contributed by atoms with Crippen LogP contribution in [0.3, 0.4) is 0 Å². The molecule has 0 saturated carbocycles. The second kappa shape index (κ2) is 7.89. The van der Waals surface area contributed by atoms with Gasteiger partial charge in [0.25, 0.3) is 0 Å². The van der Waals surface area contributed by atoms with E-state index in [0.29, 0.717) is 0 Å². The minimum atomic E-state index is 1.21. The van der Waals surface area contributed by atoms with Crippen LogP contribution in [0.2, 0.25) is 0 Å². The van der Waals surface area contributed by atoms with Gasteiger partial charge in [0.1, 0.15) is 0 Å². The summed E-state index contributed by atoms with van der Waals surface area (Å²) >= 11 is 0. The Morgan fingerprint density at radius 3 is 2.10 bits per heavy atom. The second-order valence-electron chi connectivity index (χ2n) is 5.52. The van der Waals surface area contributed by atoms with Crippen LogP contribution in [0.1, 0.15) is 50.7 Å². The summed E-state index contributed by atoms with van der Waals surface area (Å²) < 4.78 is 0. The molecule has 0 heterocycles. The van der Waals surface area contributed by atoms with Crippen molar-refractivity contribution in [2.45, 2.75) is 52.4 Å². The van der Waals surface area contributed by atoms with Crippen LogP contribution in [-0.2, 0) is 12.8 Å². The van der Waals surface area contributed by atoms with E-state index in [1.807, 2.05) is 0 Å². The van der Waals surface area contributed by atoms with Gasteiger partial charge in [0, 0.05) is 0 Å². The highest BCUT2D eigenvalue weighted by atomic mass is 14.1. The number of hydrogen-bond donors (Lipinski definition) is 0. The molecular formula is C20H26. The van der Waals surface area contributed by atoms with Crippen molar-refractivity contribution in [1.29, 1.82) is 0 Å². The molecule has 0 aliphatic carbocycles. The monoisotopic (exact) mass is 266 g/mol. The summed E-state index contributed by atoms with van der Waals surface area (Å²) in [6, 6.07) is 17.7. The highest BCUT2D eigenvalue weighted by molar-refractivity contribution is 5.68. The first-order valence-corrected chi connectivity index (χ1v) is 8.03. The fourth-order valence-corrected chi connectivity index (χ4v) is 2.77. The molecule has 0 saturated heterocycles. The predicted octanol–water partition coefficient (Wildman–Crippen LogP) is 6.04. The molecule has 0 heteroatoms. The predicted molar refractivity (Wildman–Crippen MR) is 89.1 cm³/mol. The zero-order valence-electron chi connectivity index (χ0n) is 12.9. The van der Waals surface area contributed by atoms with Gasteiger partial charge in [-0.15, -0.1) is 0 Å². The molecule has 0 N–H and O–H groups in total. The molecule has 0 atom stereocenters. The van der Waals surface area contributed by atoms with Gasteiger partial charge in [-0.2, -0.15) is 0 Å². The minimum Gasteiger partial charge on any atom is -0.0654 e. The average Bonchev–Trinajstić information content (AvgIpc) is 2.52. The lowest BCUT2D eigenvalue weighted by molar-refractivity contribution is 0.759. The Morgan fingerprint density at radius 1 is 0.700 bits per heavy atom. The van der Waals surface area contributed by atoms with Gasteiger partial charge in [-0.1, -0.05) is 75.2 Å². The van der Waals surface area contributed by atoms with Crippen LogP contribution in [0.25, 0.3) is 11.1 Å². The summed E-state index contributed by atoms with van der Waals surface area (Å²) in [6.07, 6.45) is 7.52. The normalized spacial score (nSPS) is 10.7. The second-order valence-corrected chi connectivity index (χ2v) is 5.52. The van der Waals surface area contributed by atoms with Crippen molar-refractivity contribution >= 4 is 0 Å². The van der Waals surface area contributed by atoms with E-state index < -0.39 is 0 Å². The molecular weight excluding hydrogens is 240 g/mol. The fraction of sp³-hybridized carbons (Fsp3) is 0.400. The van der Waals surface area contributed by atoms with Crippen molar-refractivity contribution in [2.75, 3.05) is 0 Å². The van der Waals surface area contributed by atoms with E-state index >= 15 is 0 Å². The Bertz CT molecular complexity index is 511. The van der Waals surface area contributed by atoms with E-state index in [1.54, 1.807) is 11.1 Å². The largest absolute Gasteiger partial charge is 0.0654 e. The molecule has 2 aromatic rings. The van der Waals surface area contributed by atoms with Gasteiger partial charge in [-0.3, -0.25) is 0 Å². The summed E-state index contributed by atoms with van der Waals surface area (Å²) in [5.74, 6) is 0. The maximum absolute atomic E-state index is 2.33. The van der Waals surface area contributed by atoms with Gasteiger partial charge >= 0.3 is 0 Å². The number of rotatable bonds is 7. The molecule has 0 aliphatic heterocycles. The summed E-state index contributed by atoms with van der Waals surface area (Å²) in [6.45, 7) is 4.55. The summed E-state index contributed by atoms with van der Waals surface area (Å²) in [5.41, 5.74) is 5.93. The van der Waals surface area contributed by atoms with Gasteiger partial charge in [0.15, 0.2) is 0 Å². The van der Waals surface area contributed by atoms with Crippen LogP contribution in [0, 0.1) is 0 Å². The highest BCUT2D eigenvalue weighted by Crippen LogP contribution is 2.28. The maximum atomic E-state index is 2.33. The highest BCUT2D eigenvalue weighted by Gasteiger charge is 2.09.